The number of fused-ring (bicyclic) bond motifs is 3. The van der Waals surface area contributed by atoms with Crippen molar-refractivity contribution in [2.45, 2.75) is 19.8 Å². The predicted octanol–water partition coefficient (Wildman–Crippen LogP) is 4.39. The van der Waals surface area contributed by atoms with Crippen molar-refractivity contribution < 1.29 is 14.0 Å². The summed E-state index contributed by atoms with van der Waals surface area (Å²) in [6.45, 7) is 3.06. The number of amides is 2. The van der Waals surface area contributed by atoms with Crippen LogP contribution in [0.2, 0.25) is 4.34 Å². The minimum absolute atomic E-state index is 0.169. The molecule has 1 atom stereocenters. The zero-order valence-corrected chi connectivity index (χ0v) is 17.1. The van der Waals surface area contributed by atoms with Gasteiger partial charge in [-0.05, 0) is 32.0 Å². The number of carbonyl (C=O) groups is 2. The lowest BCUT2D eigenvalue weighted by Crippen LogP contribution is -2.40. The number of carbonyl (C=O) groups excluding carboxylic acids is 2. The monoisotopic (exact) mass is 430 g/mol. The maximum Gasteiger partial charge on any atom is 0.244 e. The average molecular weight is 431 g/mol. The SMILES string of the molecule is Cc1cc2c(c(F)n1)-c1cccnc1[C@@H](C)C(=O)N2CC(=O)Nc1csc(Cl)c1. The summed E-state index contributed by atoms with van der Waals surface area (Å²) < 4.78 is 15.5. The number of thiophene rings is 1. The summed E-state index contributed by atoms with van der Waals surface area (Å²) in [5, 5.41) is 4.42. The Labute approximate surface area is 175 Å². The molecule has 0 bridgehead atoms. The van der Waals surface area contributed by atoms with Gasteiger partial charge in [-0.2, -0.15) is 4.39 Å². The van der Waals surface area contributed by atoms with Crippen LogP contribution in [0.5, 0.6) is 0 Å². The molecule has 1 aliphatic heterocycles. The lowest BCUT2D eigenvalue weighted by atomic mass is 9.98. The van der Waals surface area contributed by atoms with Crippen molar-refractivity contribution in [3.8, 4) is 11.1 Å². The van der Waals surface area contributed by atoms with Crippen molar-refractivity contribution in [2.24, 2.45) is 0 Å². The van der Waals surface area contributed by atoms with E-state index in [1.165, 1.54) is 16.2 Å². The summed E-state index contributed by atoms with van der Waals surface area (Å²) in [6, 6.07) is 6.63. The second-order valence-electron chi connectivity index (χ2n) is 6.72. The third-order valence-corrected chi connectivity index (χ3v) is 5.77. The van der Waals surface area contributed by atoms with Gasteiger partial charge in [-0.1, -0.05) is 17.7 Å². The molecule has 3 aromatic rings. The number of pyridine rings is 2. The Bertz CT molecular complexity index is 1130. The molecule has 0 saturated carbocycles. The van der Waals surface area contributed by atoms with Gasteiger partial charge in [0.2, 0.25) is 17.8 Å². The zero-order valence-electron chi connectivity index (χ0n) is 15.6. The highest BCUT2D eigenvalue weighted by Crippen LogP contribution is 2.41. The third kappa shape index (κ3) is 3.61. The van der Waals surface area contributed by atoms with Crippen LogP contribution in [0.1, 0.15) is 24.2 Å². The largest absolute Gasteiger partial charge is 0.324 e. The van der Waals surface area contributed by atoms with Gasteiger partial charge < -0.3 is 10.2 Å². The molecule has 0 aliphatic carbocycles. The normalized spacial score (nSPS) is 15.5. The highest BCUT2D eigenvalue weighted by molar-refractivity contribution is 7.14. The summed E-state index contributed by atoms with van der Waals surface area (Å²) in [5.41, 5.74) is 2.38. The quantitative estimate of drug-likeness (QED) is 0.625. The van der Waals surface area contributed by atoms with Gasteiger partial charge in [0, 0.05) is 22.8 Å². The molecule has 1 N–H and O–H groups in total. The molecular formula is C20H16ClFN4O2S. The maximum absolute atomic E-state index is 14.9. The fourth-order valence-corrected chi connectivity index (χ4v) is 4.22. The predicted molar refractivity (Wildman–Crippen MR) is 111 cm³/mol. The fraction of sp³-hybridized carbons (Fsp3) is 0.200. The van der Waals surface area contributed by atoms with Crippen LogP contribution in [-0.2, 0) is 9.59 Å². The number of aromatic nitrogens is 2. The first-order valence-electron chi connectivity index (χ1n) is 8.83. The van der Waals surface area contributed by atoms with Crippen molar-refractivity contribution in [1.29, 1.82) is 0 Å². The summed E-state index contributed by atoms with van der Waals surface area (Å²) in [7, 11) is 0. The molecule has 29 heavy (non-hydrogen) atoms. The Kier molecular flexibility index (Phi) is 5.06. The zero-order chi connectivity index (χ0) is 20.7. The van der Waals surface area contributed by atoms with E-state index < -0.39 is 17.8 Å². The van der Waals surface area contributed by atoms with Gasteiger partial charge in [0.05, 0.1) is 32.9 Å². The first-order valence-corrected chi connectivity index (χ1v) is 10.1. The van der Waals surface area contributed by atoms with Crippen LogP contribution in [0.3, 0.4) is 0 Å². The molecule has 3 aromatic heterocycles. The lowest BCUT2D eigenvalue weighted by Gasteiger charge is -2.24. The molecule has 0 radical (unpaired) electrons. The minimum atomic E-state index is -0.703. The molecule has 6 nitrogen and oxygen atoms in total. The fourth-order valence-electron chi connectivity index (χ4n) is 3.41. The van der Waals surface area contributed by atoms with E-state index >= 15 is 0 Å². The van der Waals surface area contributed by atoms with Crippen LogP contribution in [-0.4, -0.2) is 28.3 Å². The van der Waals surface area contributed by atoms with Gasteiger partial charge in [-0.3, -0.25) is 14.6 Å². The molecule has 0 fully saturated rings. The number of nitrogens with zero attached hydrogens (tertiary/aromatic N) is 3. The van der Waals surface area contributed by atoms with E-state index in [1.54, 1.807) is 49.7 Å². The summed E-state index contributed by atoms with van der Waals surface area (Å²) >= 11 is 7.18. The second kappa shape index (κ2) is 7.53. The molecule has 1 aliphatic rings. The average Bonchev–Trinajstić information content (AvgIpc) is 3.05. The Hall–Kier alpha value is -2.84. The van der Waals surface area contributed by atoms with Gasteiger partial charge >= 0.3 is 0 Å². The summed E-state index contributed by atoms with van der Waals surface area (Å²) in [4.78, 5) is 35.4. The van der Waals surface area contributed by atoms with E-state index in [2.05, 4.69) is 15.3 Å². The Morgan fingerprint density at radius 1 is 1.41 bits per heavy atom. The molecular weight excluding hydrogens is 415 g/mol. The van der Waals surface area contributed by atoms with Crippen LogP contribution in [0.15, 0.2) is 35.8 Å². The molecule has 0 spiro atoms. The number of hydrogen-bond donors (Lipinski definition) is 1. The van der Waals surface area contributed by atoms with E-state index in [-0.39, 0.29) is 18.0 Å². The maximum atomic E-state index is 14.9. The van der Waals surface area contributed by atoms with Gasteiger partial charge in [0.1, 0.15) is 6.54 Å². The number of anilines is 2. The van der Waals surface area contributed by atoms with E-state index in [0.717, 1.165) is 0 Å². The van der Waals surface area contributed by atoms with Crippen molar-refractivity contribution in [2.75, 3.05) is 16.8 Å². The van der Waals surface area contributed by atoms with Crippen LogP contribution in [0.4, 0.5) is 15.8 Å². The van der Waals surface area contributed by atoms with Gasteiger partial charge in [0.25, 0.3) is 0 Å². The van der Waals surface area contributed by atoms with Crippen LogP contribution < -0.4 is 10.2 Å². The highest BCUT2D eigenvalue weighted by atomic mass is 35.5. The Balaban J connectivity index is 1.78. The second-order valence-corrected chi connectivity index (χ2v) is 8.26. The minimum Gasteiger partial charge on any atom is -0.324 e. The van der Waals surface area contributed by atoms with E-state index in [1.807, 2.05) is 0 Å². The van der Waals surface area contributed by atoms with Crippen LogP contribution in [0.25, 0.3) is 11.1 Å². The number of hydrogen-bond acceptors (Lipinski definition) is 5. The Morgan fingerprint density at radius 2 is 2.21 bits per heavy atom. The van der Waals surface area contributed by atoms with Crippen molar-refractivity contribution in [3.63, 3.8) is 0 Å². The third-order valence-electron chi connectivity index (χ3n) is 4.68. The lowest BCUT2D eigenvalue weighted by molar-refractivity contribution is -0.122. The van der Waals surface area contributed by atoms with Gasteiger partial charge in [-0.15, -0.1) is 11.3 Å². The number of halogens is 2. The molecule has 4 rings (SSSR count). The number of nitrogens with one attached hydrogen (secondary N) is 1. The first-order chi connectivity index (χ1) is 13.8. The van der Waals surface area contributed by atoms with Crippen LogP contribution >= 0.6 is 22.9 Å². The highest BCUT2D eigenvalue weighted by Gasteiger charge is 2.35. The molecule has 9 heteroatoms. The standard InChI is InChI=1S/C20H16ClFN4O2S/c1-10-6-14-17(19(22)24-10)13-4-3-5-23-18(13)11(2)20(28)26(14)8-16(27)25-12-7-15(21)29-9-12/h3-7,9,11H,8H2,1-2H3,(H,25,27)/t11-/m1/s1. The van der Waals surface area contributed by atoms with E-state index in [9.17, 15) is 14.0 Å². The van der Waals surface area contributed by atoms with Gasteiger partial charge in [0.15, 0.2) is 0 Å². The number of aryl methyl sites for hydroxylation is 1. The summed E-state index contributed by atoms with van der Waals surface area (Å²) in [6.07, 6.45) is 1.56. The first kappa shape index (κ1) is 19.5. The van der Waals surface area contributed by atoms with Crippen LogP contribution in [0, 0.1) is 12.9 Å². The smallest absolute Gasteiger partial charge is 0.244 e. The van der Waals surface area contributed by atoms with Crippen molar-refractivity contribution in [1.82, 2.24) is 9.97 Å². The molecule has 0 aromatic carbocycles. The molecule has 0 saturated heterocycles. The van der Waals surface area contributed by atoms with E-state index in [0.29, 0.717) is 32.7 Å². The summed E-state index contributed by atoms with van der Waals surface area (Å²) in [5.74, 6) is -2.11. The molecule has 148 valence electrons. The van der Waals surface area contributed by atoms with Crippen molar-refractivity contribution in [3.05, 3.63) is 57.5 Å². The van der Waals surface area contributed by atoms with E-state index in [4.69, 9.17) is 11.6 Å². The molecule has 2 amide bonds. The molecule has 4 heterocycles. The Morgan fingerprint density at radius 3 is 2.93 bits per heavy atom. The van der Waals surface area contributed by atoms with Crippen molar-refractivity contribution >= 4 is 46.1 Å². The topological polar surface area (TPSA) is 75.2 Å². The molecule has 0 unspecified atom stereocenters. The van der Waals surface area contributed by atoms with Gasteiger partial charge in [-0.25, -0.2) is 4.98 Å². The number of rotatable bonds is 3.